The molecule has 0 aliphatic carbocycles. The van der Waals surface area contributed by atoms with Crippen molar-refractivity contribution in [2.45, 2.75) is 6.54 Å². The van der Waals surface area contributed by atoms with Crippen LogP contribution < -0.4 is 5.56 Å². The van der Waals surface area contributed by atoms with Gasteiger partial charge in [-0.2, -0.15) is 0 Å². The van der Waals surface area contributed by atoms with Crippen LogP contribution >= 0.6 is 0 Å². The summed E-state index contributed by atoms with van der Waals surface area (Å²) in [5, 5.41) is 0.847. The summed E-state index contributed by atoms with van der Waals surface area (Å²) in [5.41, 5.74) is 4.56. The number of nitrogens with zero attached hydrogens (tertiary/aromatic N) is 4. The summed E-state index contributed by atoms with van der Waals surface area (Å²) in [6.07, 6.45) is 1.71. The fraction of sp³-hybridized carbons (Fsp3) is 0.0357. The first-order chi connectivity index (χ1) is 16.3. The molecule has 158 valence electrons. The van der Waals surface area contributed by atoms with Gasteiger partial charge >= 0.3 is 0 Å². The summed E-state index contributed by atoms with van der Waals surface area (Å²) < 4.78 is 3.73. The van der Waals surface area contributed by atoms with E-state index in [1.54, 1.807) is 10.8 Å². The molecule has 0 N–H and O–H groups in total. The topological polar surface area (TPSA) is 52.7 Å². The standard InChI is InChI=1S/C28H20N4O/c33-28-25-24(23-17-10-18-29-27(23)32(28)22-15-8-3-9-16-22)30-26(21-13-6-2-7-14-21)31(25)19-20-11-4-1-5-12-20/h1-18H,19H2. The van der Waals surface area contributed by atoms with Gasteiger partial charge < -0.3 is 4.57 Å². The Hall–Kier alpha value is -4.51. The molecular weight excluding hydrogens is 408 g/mol. The molecule has 0 fully saturated rings. The monoisotopic (exact) mass is 428 g/mol. The maximum absolute atomic E-state index is 14.1. The van der Waals surface area contributed by atoms with E-state index in [-0.39, 0.29) is 5.56 Å². The van der Waals surface area contributed by atoms with Gasteiger partial charge in [-0.1, -0.05) is 78.9 Å². The van der Waals surface area contributed by atoms with Gasteiger partial charge in [-0.15, -0.1) is 0 Å². The zero-order valence-corrected chi connectivity index (χ0v) is 17.8. The number of hydrogen-bond donors (Lipinski definition) is 0. The molecule has 0 aliphatic rings. The van der Waals surface area contributed by atoms with E-state index < -0.39 is 0 Å². The predicted octanol–water partition coefficient (Wildman–Crippen LogP) is 5.45. The number of rotatable bonds is 4. The largest absolute Gasteiger partial charge is 0.315 e. The first-order valence-corrected chi connectivity index (χ1v) is 10.9. The third-order valence-corrected chi connectivity index (χ3v) is 5.86. The molecule has 0 aliphatic heterocycles. The average molecular weight is 428 g/mol. The summed E-state index contributed by atoms with van der Waals surface area (Å²) in [6.45, 7) is 0.539. The molecule has 6 aromatic rings. The number of benzene rings is 3. The third kappa shape index (κ3) is 3.22. The van der Waals surface area contributed by atoms with Gasteiger partial charge in [0.15, 0.2) is 0 Å². The highest BCUT2D eigenvalue weighted by Crippen LogP contribution is 2.29. The normalized spacial score (nSPS) is 11.3. The Morgan fingerprint density at radius 3 is 2.12 bits per heavy atom. The SMILES string of the molecule is O=c1c2c(nc(-c3ccccc3)n2Cc2ccccc2)c2cccnc2n1-c1ccccc1. The maximum Gasteiger partial charge on any atom is 0.283 e. The molecule has 0 atom stereocenters. The van der Waals surface area contributed by atoms with Gasteiger partial charge in [0.05, 0.1) is 5.69 Å². The van der Waals surface area contributed by atoms with Crippen molar-refractivity contribution in [3.05, 3.63) is 125 Å². The highest BCUT2D eigenvalue weighted by Gasteiger charge is 2.22. The van der Waals surface area contributed by atoms with Gasteiger partial charge in [0.2, 0.25) is 0 Å². The third-order valence-electron chi connectivity index (χ3n) is 5.86. The van der Waals surface area contributed by atoms with Crippen molar-refractivity contribution < 1.29 is 0 Å². The summed E-state index contributed by atoms with van der Waals surface area (Å²) >= 11 is 0. The number of aromatic nitrogens is 4. The van der Waals surface area contributed by atoms with Crippen molar-refractivity contribution in [1.82, 2.24) is 19.1 Å². The fourth-order valence-electron chi connectivity index (χ4n) is 4.36. The van der Waals surface area contributed by atoms with Crippen molar-refractivity contribution in [2.75, 3.05) is 0 Å². The van der Waals surface area contributed by atoms with E-state index in [1.807, 2.05) is 95.6 Å². The zero-order chi connectivity index (χ0) is 22.2. The Labute approximate surface area is 190 Å². The number of para-hydroxylation sites is 1. The number of pyridine rings is 2. The summed E-state index contributed by atoms with van der Waals surface area (Å²) in [6, 6.07) is 33.7. The van der Waals surface area contributed by atoms with Gasteiger partial charge in [0, 0.05) is 23.7 Å². The molecule has 3 aromatic carbocycles. The van der Waals surface area contributed by atoms with Crippen LogP contribution in [0.2, 0.25) is 0 Å². The molecule has 3 heterocycles. The van der Waals surface area contributed by atoms with Crippen molar-refractivity contribution in [1.29, 1.82) is 0 Å². The molecular formula is C28H20N4O. The fourth-order valence-corrected chi connectivity index (χ4v) is 4.36. The summed E-state index contributed by atoms with van der Waals surface area (Å²) in [7, 11) is 0. The van der Waals surface area contributed by atoms with E-state index in [4.69, 9.17) is 4.98 Å². The van der Waals surface area contributed by atoms with Crippen LogP contribution in [0, 0.1) is 0 Å². The highest BCUT2D eigenvalue weighted by atomic mass is 16.1. The van der Waals surface area contributed by atoms with Crippen LogP contribution in [0.4, 0.5) is 0 Å². The molecule has 0 amide bonds. The van der Waals surface area contributed by atoms with Gasteiger partial charge in [-0.25, -0.2) is 9.97 Å². The van der Waals surface area contributed by atoms with E-state index in [0.29, 0.717) is 23.2 Å². The van der Waals surface area contributed by atoms with Crippen LogP contribution in [-0.2, 0) is 6.54 Å². The van der Waals surface area contributed by atoms with Crippen molar-refractivity contribution in [3.63, 3.8) is 0 Å². The van der Waals surface area contributed by atoms with E-state index in [2.05, 4.69) is 17.1 Å². The molecule has 0 spiro atoms. The van der Waals surface area contributed by atoms with E-state index >= 15 is 0 Å². The maximum atomic E-state index is 14.1. The lowest BCUT2D eigenvalue weighted by atomic mass is 10.2. The van der Waals surface area contributed by atoms with Crippen molar-refractivity contribution in [2.24, 2.45) is 0 Å². The Balaban J connectivity index is 1.76. The zero-order valence-electron chi connectivity index (χ0n) is 17.8. The Kier molecular flexibility index (Phi) is 4.58. The lowest BCUT2D eigenvalue weighted by Gasteiger charge is -2.13. The highest BCUT2D eigenvalue weighted by molar-refractivity contribution is 6.02. The number of fused-ring (bicyclic) bond motifs is 3. The van der Waals surface area contributed by atoms with Crippen LogP contribution in [-0.4, -0.2) is 19.1 Å². The smallest absolute Gasteiger partial charge is 0.283 e. The molecule has 0 unspecified atom stereocenters. The van der Waals surface area contributed by atoms with Gasteiger partial charge in [0.25, 0.3) is 5.56 Å². The van der Waals surface area contributed by atoms with E-state index in [1.165, 1.54) is 0 Å². The first-order valence-electron chi connectivity index (χ1n) is 10.9. The summed E-state index contributed by atoms with van der Waals surface area (Å²) in [4.78, 5) is 23.7. The lowest BCUT2D eigenvalue weighted by molar-refractivity contribution is 0.825. The van der Waals surface area contributed by atoms with Crippen LogP contribution in [0.15, 0.2) is 114 Å². The minimum absolute atomic E-state index is 0.131. The Morgan fingerprint density at radius 1 is 0.727 bits per heavy atom. The van der Waals surface area contributed by atoms with Gasteiger partial charge in [-0.3, -0.25) is 9.36 Å². The van der Waals surface area contributed by atoms with Crippen LogP contribution in [0.1, 0.15) is 5.56 Å². The number of hydrogen-bond acceptors (Lipinski definition) is 3. The molecule has 6 rings (SSSR count). The second-order valence-corrected chi connectivity index (χ2v) is 7.92. The minimum atomic E-state index is -0.131. The second kappa shape index (κ2) is 7.88. The molecule has 5 heteroatoms. The van der Waals surface area contributed by atoms with Gasteiger partial charge in [-0.05, 0) is 29.8 Å². The second-order valence-electron chi connectivity index (χ2n) is 7.92. The van der Waals surface area contributed by atoms with E-state index in [0.717, 1.165) is 28.0 Å². The summed E-state index contributed by atoms with van der Waals surface area (Å²) in [5.74, 6) is 0.766. The molecule has 33 heavy (non-hydrogen) atoms. The molecule has 0 saturated heterocycles. The molecule has 0 radical (unpaired) electrons. The van der Waals surface area contributed by atoms with E-state index in [9.17, 15) is 4.79 Å². The van der Waals surface area contributed by atoms with Crippen molar-refractivity contribution >= 4 is 22.1 Å². The van der Waals surface area contributed by atoms with Gasteiger partial charge in [0.1, 0.15) is 22.5 Å². The predicted molar refractivity (Wildman–Crippen MR) is 132 cm³/mol. The minimum Gasteiger partial charge on any atom is -0.315 e. The quantitative estimate of drug-likeness (QED) is 0.375. The Morgan fingerprint density at radius 2 is 1.39 bits per heavy atom. The average Bonchev–Trinajstić information content (AvgIpc) is 3.26. The molecule has 3 aromatic heterocycles. The van der Waals surface area contributed by atoms with Crippen LogP contribution in [0.5, 0.6) is 0 Å². The number of imidazole rings is 1. The molecule has 0 bridgehead atoms. The first kappa shape index (κ1) is 19.2. The molecule has 0 saturated carbocycles. The van der Waals surface area contributed by atoms with Crippen LogP contribution in [0.25, 0.3) is 39.1 Å². The molecule has 5 nitrogen and oxygen atoms in total. The van der Waals surface area contributed by atoms with Crippen molar-refractivity contribution in [3.8, 4) is 17.1 Å². The van der Waals surface area contributed by atoms with Crippen LogP contribution in [0.3, 0.4) is 0 Å². The lowest BCUT2D eigenvalue weighted by Crippen LogP contribution is -2.22. The Bertz CT molecular complexity index is 1640.